The Morgan fingerprint density at radius 3 is 2.92 bits per heavy atom. The van der Waals surface area contributed by atoms with Crippen LogP contribution in [0.5, 0.6) is 0 Å². The van der Waals surface area contributed by atoms with Gasteiger partial charge in [0, 0.05) is 37.4 Å². The van der Waals surface area contributed by atoms with Gasteiger partial charge in [0.15, 0.2) is 11.7 Å². The molecule has 3 rings (SSSR count). The smallest absolute Gasteiger partial charge is 0.220 e. The minimum absolute atomic E-state index is 0.0406. The summed E-state index contributed by atoms with van der Waals surface area (Å²) in [6, 6.07) is 9.85. The van der Waals surface area contributed by atoms with Crippen LogP contribution in [0.3, 0.4) is 0 Å². The maximum atomic E-state index is 12.0. The Kier molecular flexibility index (Phi) is 5.48. The van der Waals surface area contributed by atoms with E-state index in [2.05, 4.69) is 15.6 Å². The molecule has 0 saturated carbocycles. The molecule has 1 fully saturated rings. The summed E-state index contributed by atoms with van der Waals surface area (Å²) in [5.74, 6) is 1.32. The SMILES string of the molecule is Cc1nc(CCC(=O)NC[C@H]2CCCC(=O)N2)oc1-c1ccccc1. The van der Waals surface area contributed by atoms with Crippen LogP contribution < -0.4 is 10.6 Å². The summed E-state index contributed by atoms with van der Waals surface area (Å²) in [5, 5.41) is 5.76. The van der Waals surface area contributed by atoms with Crippen LogP contribution in [0.2, 0.25) is 0 Å². The van der Waals surface area contributed by atoms with Gasteiger partial charge in [-0.05, 0) is 19.8 Å². The molecule has 1 saturated heterocycles. The fourth-order valence-electron chi connectivity index (χ4n) is 3.00. The molecule has 0 radical (unpaired) electrons. The van der Waals surface area contributed by atoms with Crippen molar-refractivity contribution in [1.29, 1.82) is 0 Å². The van der Waals surface area contributed by atoms with Crippen molar-refractivity contribution in [3.05, 3.63) is 41.9 Å². The molecule has 1 aliphatic heterocycles. The third kappa shape index (κ3) is 4.68. The van der Waals surface area contributed by atoms with E-state index in [0.29, 0.717) is 31.7 Å². The predicted octanol–water partition coefficient (Wildman–Crippen LogP) is 2.37. The van der Waals surface area contributed by atoms with Crippen molar-refractivity contribution >= 4 is 11.8 Å². The summed E-state index contributed by atoms with van der Waals surface area (Å²) >= 11 is 0. The van der Waals surface area contributed by atoms with Crippen molar-refractivity contribution in [2.24, 2.45) is 0 Å². The summed E-state index contributed by atoms with van der Waals surface area (Å²) in [6.45, 7) is 2.38. The van der Waals surface area contributed by atoms with Crippen molar-refractivity contribution in [3.63, 3.8) is 0 Å². The van der Waals surface area contributed by atoms with Gasteiger partial charge in [-0.3, -0.25) is 9.59 Å². The zero-order valence-corrected chi connectivity index (χ0v) is 14.4. The molecule has 2 heterocycles. The zero-order chi connectivity index (χ0) is 17.6. The first-order chi connectivity index (χ1) is 12.1. The topological polar surface area (TPSA) is 84.2 Å². The van der Waals surface area contributed by atoms with Crippen LogP contribution in [-0.2, 0) is 16.0 Å². The molecular weight excluding hydrogens is 318 g/mol. The van der Waals surface area contributed by atoms with Gasteiger partial charge in [0.2, 0.25) is 11.8 Å². The van der Waals surface area contributed by atoms with Crippen molar-refractivity contribution in [2.45, 2.75) is 45.1 Å². The van der Waals surface area contributed by atoms with Gasteiger partial charge < -0.3 is 15.1 Å². The Balaban J connectivity index is 1.48. The molecule has 0 unspecified atom stereocenters. The monoisotopic (exact) mass is 341 g/mol. The highest BCUT2D eigenvalue weighted by Crippen LogP contribution is 2.24. The van der Waals surface area contributed by atoms with E-state index in [-0.39, 0.29) is 17.9 Å². The van der Waals surface area contributed by atoms with Crippen LogP contribution in [-0.4, -0.2) is 29.4 Å². The van der Waals surface area contributed by atoms with Gasteiger partial charge >= 0.3 is 0 Å². The van der Waals surface area contributed by atoms with Gasteiger partial charge in [0.05, 0.1) is 5.69 Å². The minimum atomic E-state index is -0.0584. The number of oxazole rings is 1. The number of carbonyl (C=O) groups excluding carboxylic acids is 2. The van der Waals surface area contributed by atoms with Crippen molar-refractivity contribution in [2.75, 3.05) is 6.54 Å². The van der Waals surface area contributed by atoms with E-state index in [0.717, 1.165) is 29.9 Å². The molecule has 2 amide bonds. The second-order valence-corrected chi connectivity index (χ2v) is 6.35. The fourth-order valence-corrected chi connectivity index (χ4v) is 3.00. The van der Waals surface area contributed by atoms with Crippen LogP contribution in [0.15, 0.2) is 34.7 Å². The predicted molar refractivity (Wildman–Crippen MR) is 93.8 cm³/mol. The first kappa shape index (κ1) is 17.2. The standard InChI is InChI=1S/C19H23N3O3/c1-13-19(14-6-3-2-4-7-14)25-18(21-13)11-10-16(23)20-12-15-8-5-9-17(24)22-15/h2-4,6-7,15H,5,8-12H2,1H3,(H,20,23)(H,22,24)/t15-/m1/s1. The number of aryl methyl sites for hydroxylation is 2. The molecule has 1 aliphatic rings. The number of piperidine rings is 1. The first-order valence-corrected chi connectivity index (χ1v) is 8.69. The number of hydrogen-bond donors (Lipinski definition) is 2. The lowest BCUT2D eigenvalue weighted by Gasteiger charge is -2.23. The van der Waals surface area contributed by atoms with E-state index >= 15 is 0 Å². The molecule has 2 aromatic rings. The van der Waals surface area contributed by atoms with Crippen LogP contribution in [0.25, 0.3) is 11.3 Å². The van der Waals surface area contributed by atoms with E-state index in [1.165, 1.54) is 0 Å². The zero-order valence-electron chi connectivity index (χ0n) is 14.4. The van der Waals surface area contributed by atoms with Gasteiger partial charge in [0.1, 0.15) is 0 Å². The average Bonchev–Trinajstić information content (AvgIpc) is 3.00. The highest BCUT2D eigenvalue weighted by molar-refractivity contribution is 5.78. The van der Waals surface area contributed by atoms with E-state index in [9.17, 15) is 9.59 Å². The molecule has 6 nitrogen and oxygen atoms in total. The van der Waals surface area contributed by atoms with Crippen molar-refractivity contribution < 1.29 is 14.0 Å². The molecule has 132 valence electrons. The van der Waals surface area contributed by atoms with Crippen LogP contribution in [0, 0.1) is 6.92 Å². The molecule has 1 aromatic carbocycles. The van der Waals surface area contributed by atoms with Gasteiger partial charge in [0.25, 0.3) is 0 Å². The summed E-state index contributed by atoms with van der Waals surface area (Å²) in [7, 11) is 0. The Bertz CT molecular complexity index is 740. The van der Waals surface area contributed by atoms with Crippen molar-refractivity contribution in [3.8, 4) is 11.3 Å². The lowest BCUT2D eigenvalue weighted by atomic mass is 10.0. The second-order valence-electron chi connectivity index (χ2n) is 6.35. The maximum absolute atomic E-state index is 12.0. The molecular formula is C19H23N3O3. The van der Waals surface area contributed by atoms with E-state index in [1.54, 1.807) is 0 Å². The Hall–Kier alpha value is -2.63. The quantitative estimate of drug-likeness (QED) is 0.845. The molecule has 25 heavy (non-hydrogen) atoms. The van der Waals surface area contributed by atoms with Gasteiger partial charge in [-0.25, -0.2) is 4.98 Å². The summed E-state index contributed by atoms with van der Waals surface area (Å²) in [4.78, 5) is 27.8. The molecule has 1 atom stereocenters. The molecule has 0 aliphatic carbocycles. The third-order valence-corrected chi connectivity index (χ3v) is 4.31. The number of amides is 2. The summed E-state index contributed by atoms with van der Waals surface area (Å²) in [5.41, 5.74) is 1.81. The number of benzene rings is 1. The second kappa shape index (κ2) is 7.96. The molecule has 1 aromatic heterocycles. The molecule has 6 heteroatoms. The summed E-state index contributed by atoms with van der Waals surface area (Å²) in [6.07, 6.45) is 3.14. The molecule has 0 spiro atoms. The van der Waals surface area contributed by atoms with Crippen LogP contribution in [0.1, 0.15) is 37.3 Å². The number of nitrogens with zero attached hydrogens (tertiary/aromatic N) is 1. The lowest BCUT2D eigenvalue weighted by Crippen LogP contribution is -2.46. The highest BCUT2D eigenvalue weighted by atomic mass is 16.4. The van der Waals surface area contributed by atoms with E-state index in [4.69, 9.17) is 4.42 Å². The van der Waals surface area contributed by atoms with E-state index in [1.807, 2.05) is 37.3 Å². The number of rotatable bonds is 6. The minimum Gasteiger partial charge on any atom is -0.440 e. The molecule has 2 N–H and O–H groups in total. The van der Waals surface area contributed by atoms with Crippen LogP contribution >= 0.6 is 0 Å². The van der Waals surface area contributed by atoms with E-state index < -0.39 is 0 Å². The lowest BCUT2D eigenvalue weighted by molar-refractivity contribution is -0.124. The number of aromatic nitrogens is 1. The Morgan fingerprint density at radius 1 is 1.36 bits per heavy atom. The van der Waals surface area contributed by atoms with Gasteiger partial charge in [-0.1, -0.05) is 30.3 Å². The Morgan fingerprint density at radius 2 is 2.16 bits per heavy atom. The Labute approximate surface area is 147 Å². The largest absolute Gasteiger partial charge is 0.440 e. The number of carbonyl (C=O) groups is 2. The fraction of sp³-hybridized carbons (Fsp3) is 0.421. The van der Waals surface area contributed by atoms with Gasteiger partial charge in [-0.2, -0.15) is 0 Å². The average molecular weight is 341 g/mol. The normalized spacial score (nSPS) is 17.2. The maximum Gasteiger partial charge on any atom is 0.220 e. The highest BCUT2D eigenvalue weighted by Gasteiger charge is 2.18. The first-order valence-electron chi connectivity index (χ1n) is 8.69. The van der Waals surface area contributed by atoms with Gasteiger partial charge in [-0.15, -0.1) is 0 Å². The molecule has 0 bridgehead atoms. The van der Waals surface area contributed by atoms with Crippen LogP contribution in [0.4, 0.5) is 0 Å². The van der Waals surface area contributed by atoms with Crippen molar-refractivity contribution in [1.82, 2.24) is 15.6 Å². The third-order valence-electron chi connectivity index (χ3n) is 4.31. The number of nitrogens with one attached hydrogen (secondary N) is 2. The number of hydrogen-bond acceptors (Lipinski definition) is 4. The summed E-state index contributed by atoms with van der Waals surface area (Å²) < 4.78 is 5.81.